The number of nitrogens with one attached hydrogen (secondary N) is 2. The highest BCUT2D eigenvalue weighted by atomic mass is 16.3. The molecular formula is C13H23N5O. The molecule has 6 heteroatoms. The Morgan fingerprint density at radius 1 is 1.47 bits per heavy atom. The van der Waals surface area contributed by atoms with Gasteiger partial charge in [0.1, 0.15) is 5.82 Å². The Bertz CT molecular complexity index is 405. The molecule has 3 atom stereocenters. The minimum absolute atomic E-state index is 0.285. The Balaban J connectivity index is 1.60. The summed E-state index contributed by atoms with van der Waals surface area (Å²) in [4.78, 5) is 6.82. The maximum atomic E-state index is 9.29. The molecule has 0 saturated carbocycles. The minimum Gasteiger partial charge on any atom is -0.393 e. The Kier molecular flexibility index (Phi) is 3.70. The monoisotopic (exact) mass is 265 g/mol. The lowest BCUT2D eigenvalue weighted by atomic mass is 9.94. The van der Waals surface area contributed by atoms with Gasteiger partial charge in [0.15, 0.2) is 0 Å². The molecule has 2 fully saturated rings. The molecule has 6 nitrogen and oxygen atoms in total. The number of H-pyrrole nitrogens is 1. The highest BCUT2D eigenvalue weighted by Gasteiger charge is 2.35. The molecule has 3 N–H and O–H groups in total. The number of aliphatic hydroxyl groups is 1. The third kappa shape index (κ3) is 2.90. The van der Waals surface area contributed by atoms with Gasteiger partial charge in [-0.3, -0.25) is 5.10 Å². The van der Waals surface area contributed by atoms with Crippen LogP contribution in [0.1, 0.15) is 32.0 Å². The fourth-order valence-corrected chi connectivity index (χ4v) is 3.09. The molecule has 2 aliphatic heterocycles. The molecule has 19 heavy (non-hydrogen) atoms. The lowest BCUT2D eigenvalue weighted by Gasteiger charge is -2.24. The van der Waals surface area contributed by atoms with E-state index in [0.29, 0.717) is 6.04 Å². The molecule has 0 aliphatic carbocycles. The fraction of sp³-hybridized carbons (Fsp3) is 0.846. The number of hydrogen-bond donors (Lipinski definition) is 3. The summed E-state index contributed by atoms with van der Waals surface area (Å²) >= 11 is 0. The van der Waals surface area contributed by atoms with Gasteiger partial charge in [-0.05, 0) is 38.6 Å². The quantitative estimate of drug-likeness (QED) is 0.730. The number of fused-ring (bicyclic) bond motifs is 1. The van der Waals surface area contributed by atoms with E-state index in [-0.39, 0.29) is 6.10 Å². The average Bonchev–Trinajstić information content (AvgIpc) is 3.02. The van der Waals surface area contributed by atoms with Crippen molar-refractivity contribution in [2.45, 2.75) is 44.8 Å². The molecule has 3 unspecified atom stereocenters. The Labute approximate surface area is 113 Å². The third-order valence-electron chi connectivity index (χ3n) is 4.20. The molecule has 106 valence electrons. The first-order valence-corrected chi connectivity index (χ1v) is 7.30. The number of anilines is 1. The standard InChI is InChI=1S/C13H23N5O/c1-9(19)4-5-12-15-13(17-16-12)18-7-10-3-2-6-14-11(10)8-18/h9-11,14,19H,2-8H2,1H3,(H,15,16,17). The second-order valence-corrected chi connectivity index (χ2v) is 5.84. The molecule has 2 aliphatic rings. The topological polar surface area (TPSA) is 77.1 Å². The number of nitrogens with zero attached hydrogens (tertiary/aromatic N) is 3. The van der Waals surface area contributed by atoms with E-state index in [4.69, 9.17) is 0 Å². The Hall–Kier alpha value is -1.14. The van der Waals surface area contributed by atoms with E-state index in [2.05, 4.69) is 25.4 Å². The van der Waals surface area contributed by atoms with Crippen LogP contribution >= 0.6 is 0 Å². The zero-order chi connectivity index (χ0) is 13.2. The third-order valence-corrected chi connectivity index (χ3v) is 4.20. The molecule has 1 aromatic rings. The summed E-state index contributed by atoms with van der Waals surface area (Å²) in [6, 6.07) is 0.605. The summed E-state index contributed by atoms with van der Waals surface area (Å²) in [5, 5.41) is 20.2. The van der Waals surface area contributed by atoms with Gasteiger partial charge < -0.3 is 15.3 Å². The largest absolute Gasteiger partial charge is 0.393 e. The van der Waals surface area contributed by atoms with Gasteiger partial charge in [0.25, 0.3) is 0 Å². The van der Waals surface area contributed by atoms with Gasteiger partial charge in [-0.2, -0.15) is 4.98 Å². The van der Waals surface area contributed by atoms with Gasteiger partial charge in [-0.25, -0.2) is 0 Å². The van der Waals surface area contributed by atoms with Crippen molar-refractivity contribution in [2.24, 2.45) is 5.92 Å². The Morgan fingerprint density at radius 3 is 3.16 bits per heavy atom. The van der Waals surface area contributed by atoms with Crippen LogP contribution in [0.3, 0.4) is 0 Å². The van der Waals surface area contributed by atoms with Gasteiger partial charge in [0.2, 0.25) is 5.95 Å². The van der Waals surface area contributed by atoms with Crippen LogP contribution in [0.5, 0.6) is 0 Å². The van der Waals surface area contributed by atoms with Crippen molar-refractivity contribution in [1.29, 1.82) is 0 Å². The van der Waals surface area contributed by atoms with E-state index in [9.17, 15) is 5.11 Å². The summed E-state index contributed by atoms with van der Waals surface area (Å²) in [5.74, 6) is 2.43. The first-order chi connectivity index (χ1) is 9.22. The molecule has 1 aromatic heterocycles. The van der Waals surface area contributed by atoms with Crippen molar-refractivity contribution in [2.75, 3.05) is 24.5 Å². The van der Waals surface area contributed by atoms with Crippen LogP contribution in [-0.2, 0) is 6.42 Å². The summed E-state index contributed by atoms with van der Waals surface area (Å²) in [5.41, 5.74) is 0. The number of aliphatic hydroxyl groups excluding tert-OH is 1. The summed E-state index contributed by atoms with van der Waals surface area (Å²) in [6.07, 6.45) is 3.79. The molecule has 2 saturated heterocycles. The Morgan fingerprint density at radius 2 is 2.37 bits per heavy atom. The maximum Gasteiger partial charge on any atom is 0.244 e. The predicted octanol–water partition coefficient (Wildman–Crippen LogP) is 0.306. The van der Waals surface area contributed by atoms with Crippen molar-refractivity contribution >= 4 is 5.95 Å². The summed E-state index contributed by atoms with van der Waals surface area (Å²) in [7, 11) is 0. The van der Waals surface area contributed by atoms with Gasteiger partial charge in [0.05, 0.1) is 6.10 Å². The first-order valence-electron chi connectivity index (χ1n) is 7.30. The van der Waals surface area contributed by atoms with Gasteiger partial charge in [0, 0.05) is 25.6 Å². The van der Waals surface area contributed by atoms with Crippen LogP contribution in [-0.4, -0.2) is 52.1 Å². The predicted molar refractivity (Wildman–Crippen MR) is 73.1 cm³/mol. The minimum atomic E-state index is -0.285. The zero-order valence-electron chi connectivity index (χ0n) is 11.5. The van der Waals surface area contributed by atoms with E-state index < -0.39 is 0 Å². The van der Waals surface area contributed by atoms with Crippen LogP contribution in [0.15, 0.2) is 0 Å². The van der Waals surface area contributed by atoms with E-state index in [0.717, 1.165) is 50.2 Å². The van der Waals surface area contributed by atoms with Crippen LogP contribution < -0.4 is 10.2 Å². The second kappa shape index (κ2) is 5.46. The number of aryl methyl sites for hydroxylation is 1. The molecule has 0 amide bonds. The summed E-state index contributed by atoms with van der Waals surface area (Å²) < 4.78 is 0. The number of hydrogen-bond acceptors (Lipinski definition) is 5. The van der Waals surface area contributed by atoms with Crippen molar-refractivity contribution in [3.05, 3.63) is 5.82 Å². The van der Waals surface area contributed by atoms with Crippen molar-refractivity contribution in [3.8, 4) is 0 Å². The second-order valence-electron chi connectivity index (χ2n) is 5.84. The van der Waals surface area contributed by atoms with Crippen molar-refractivity contribution in [1.82, 2.24) is 20.5 Å². The molecular weight excluding hydrogens is 242 g/mol. The molecule has 0 spiro atoms. The number of aromatic nitrogens is 3. The zero-order valence-corrected chi connectivity index (χ0v) is 11.5. The molecule has 3 rings (SSSR count). The SMILES string of the molecule is CC(O)CCc1nc(N2CC3CCCNC3C2)n[nH]1. The van der Waals surface area contributed by atoms with E-state index in [1.165, 1.54) is 12.8 Å². The van der Waals surface area contributed by atoms with Crippen LogP contribution in [0, 0.1) is 5.92 Å². The van der Waals surface area contributed by atoms with Crippen LogP contribution in [0.25, 0.3) is 0 Å². The number of rotatable bonds is 4. The number of aromatic amines is 1. The molecule has 3 heterocycles. The van der Waals surface area contributed by atoms with Gasteiger partial charge >= 0.3 is 0 Å². The smallest absolute Gasteiger partial charge is 0.244 e. The molecule has 0 bridgehead atoms. The molecule has 0 aromatic carbocycles. The maximum absolute atomic E-state index is 9.29. The van der Waals surface area contributed by atoms with Crippen LogP contribution in [0.2, 0.25) is 0 Å². The normalized spacial score (nSPS) is 28.4. The molecule has 0 radical (unpaired) electrons. The first kappa shape index (κ1) is 12.9. The van der Waals surface area contributed by atoms with Crippen LogP contribution in [0.4, 0.5) is 5.95 Å². The highest BCUT2D eigenvalue weighted by Crippen LogP contribution is 2.27. The lowest BCUT2D eigenvalue weighted by Crippen LogP contribution is -2.40. The summed E-state index contributed by atoms with van der Waals surface area (Å²) in [6.45, 7) is 5.01. The van der Waals surface area contributed by atoms with Gasteiger partial charge in [-0.1, -0.05) is 0 Å². The number of piperidine rings is 1. The highest BCUT2D eigenvalue weighted by molar-refractivity contribution is 5.32. The van der Waals surface area contributed by atoms with Crippen molar-refractivity contribution < 1.29 is 5.11 Å². The van der Waals surface area contributed by atoms with Crippen molar-refractivity contribution in [3.63, 3.8) is 0 Å². The van der Waals surface area contributed by atoms with E-state index >= 15 is 0 Å². The van der Waals surface area contributed by atoms with E-state index in [1.54, 1.807) is 6.92 Å². The average molecular weight is 265 g/mol. The fourth-order valence-electron chi connectivity index (χ4n) is 3.09. The van der Waals surface area contributed by atoms with Gasteiger partial charge in [-0.15, -0.1) is 5.10 Å². The van der Waals surface area contributed by atoms with E-state index in [1.807, 2.05) is 0 Å². The lowest BCUT2D eigenvalue weighted by molar-refractivity contribution is 0.184.